The molecule has 0 radical (unpaired) electrons. The molecule has 5 nitrogen and oxygen atoms in total. The summed E-state index contributed by atoms with van der Waals surface area (Å²) >= 11 is 0. The number of hydrogen-bond acceptors (Lipinski definition) is 4. The second kappa shape index (κ2) is 5.75. The van der Waals surface area contributed by atoms with Crippen molar-refractivity contribution in [2.45, 2.75) is 13.5 Å². The Balaban J connectivity index is 2.03. The molecule has 0 fully saturated rings. The van der Waals surface area contributed by atoms with Gasteiger partial charge in [-0.3, -0.25) is 4.79 Å². The number of anilines is 1. The van der Waals surface area contributed by atoms with E-state index in [0.29, 0.717) is 6.54 Å². The van der Waals surface area contributed by atoms with Crippen molar-refractivity contribution in [3.63, 3.8) is 0 Å². The Labute approximate surface area is 122 Å². The molecule has 0 bridgehead atoms. The summed E-state index contributed by atoms with van der Waals surface area (Å²) in [7, 11) is 0. The molecule has 0 atom stereocenters. The van der Waals surface area contributed by atoms with Crippen molar-refractivity contribution in [3.05, 3.63) is 64.7 Å². The molecule has 5 heteroatoms. The number of fused-ring (bicyclic) bond motifs is 1. The van der Waals surface area contributed by atoms with Crippen molar-refractivity contribution in [1.82, 2.24) is 14.5 Å². The lowest BCUT2D eigenvalue weighted by atomic mass is 10.2. The maximum absolute atomic E-state index is 12.1. The molecule has 0 unspecified atom stereocenters. The Morgan fingerprint density at radius 1 is 1.19 bits per heavy atom. The zero-order valence-corrected chi connectivity index (χ0v) is 11.8. The molecule has 0 saturated carbocycles. The topological polar surface area (TPSA) is 59.8 Å². The SMILES string of the molecule is CCNc1cc(Cn2c(=O)cnc3ccccc32)ccn1. The monoisotopic (exact) mass is 280 g/mol. The molecule has 21 heavy (non-hydrogen) atoms. The van der Waals surface area contributed by atoms with Gasteiger partial charge in [-0.15, -0.1) is 0 Å². The smallest absolute Gasteiger partial charge is 0.269 e. The zero-order chi connectivity index (χ0) is 14.7. The minimum atomic E-state index is -0.101. The molecular formula is C16H16N4O. The summed E-state index contributed by atoms with van der Waals surface area (Å²) in [4.78, 5) is 20.5. The minimum absolute atomic E-state index is 0.101. The fourth-order valence-electron chi connectivity index (χ4n) is 2.31. The Morgan fingerprint density at radius 3 is 2.90 bits per heavy atom. The molecule has 1 N–H and O–H groups in total. The van der Waals surface area contributed by atoms with Crippen molar-refractivity contribution in [2.24, 2.45) is 0 Å². The maximum Gasteiger partial charge on any atom is 0.269 e. The van der Waals surface area contributed by atoms with Gasteiger partial charge in [-0.25, -0.2) is 9.97 Å². The quantitative estimate of drug-likeness (QED) is 0.796. The Morgan fingerprint density at radius 2 is 2.05 bits per heavy atom. The summed E-state index contributed by atoms with van der Waals surface area (Å²) in [6.07, 6.45) is 3.12. The molecule has 106 valence electrons. The average molecular weight is 280 g/mol. The van der Waals surface area contributed by atoms with Gasteiger partial charge in [-0.05, 0) is 36.8 Å². The van der Waals surface area contributed by atoms with E-state index in [4.69, 9.17) is 0 Å². The first kappa shape index (κ1) is 13.3. The number of nitrogens with zero attached hydrogens (tertiary/aromatic N) is 3. The van der Waals surface area contributed by atoms with Crippen molar-refractivity contribution in [3.8, 4) is 0 Å². The molecule has 1 aromatic carbocycles. The summed E-state index contributed by atoms with van der Waals surface area (Å²) in [5.41, 5.74) is 2.58. The van der Waals surface area contributed by atoms with Crippen molar-refractivity contribution >= 4 is 16.9 Å². The summed E-state index contributed by atoms with van der Waals surface area (Å²) in [5, 5.41) is 3.17. The summed E-state index contributed by atoms with van der Waals surface area (Å²) in [6, 6.07) is 11.5. The van der Waals surface area contributed by atoms with Crippen molar-refractivity contribution < 1.29 is 0 Å². The van der Waals surface area contributed by atoms with Gasteiger partial charge < -0.3 is 9.88 Å². The fourth-order valence-corrected chi connectivity index (χ4v) is 2.31. The van der Waals surface area contributed by atoms with Gasteiger partial charge in [0.05, 0.1) is 23.8 Å². The molecule has 3 aromatic rings. The van der Waals surface area contributed by atoms with Gasteiger partial charge in [0.1, 0.15) is 5.82 Å². The number of pyridine rings is 1. The van der Waals surface area contributed by atoms with Crippen molar-refractivity contribution in [1.29, 1.82) is 0 Å². The normalized spacial score (nSPS) is 10.7. The van der Waals surface area contributed by atoms with Gasteiger partial charge in [0.25, 0.3) is 5.56 Å². The number of rotatable bonds is 4. The third-order valence-corrected chi connectivity index (χ3v) is 3.28. The van der Waals surface area contributed by atoms with Crippen LogP contribution in [0.3, 0.4) is 0 Å². The van der Waals surface area contributed by atoms with E-state index in [0.717, 1.165) is 29.0 Å². The largest absolute Gasteiger partial charge is 0.370 e. The van der Waals surface area contributed by atoms with Crippen LogP contribution in [0.1, 0.15) is 12.5 Å². The number of aromatic nitrogens is 3. The van der Waals surface area contributed by atoms with Gasteiger partial charge >= 0.3 is 0 Å². The van der Waals surface area contributed by atoms with Crippen LogP contribution in [0, 0.1) is 0 Å². The standard InChI is InChI=1S/C16H16N4O/c1-2-17-15-9-12(7-8-18-15)11-20-14-6-4-3-5-13(14)19-10-16(20)21/h3-10H,2,11H2,1H3,(H,17,18). The summed E-state index contributed by atoms with van der Waals surface area (Å²) < 4.78 is 1.73. The lowest BCUT2D eigenvalue weighted by Crippen LogP contribution is -2.21. The highest BCUT2D eigenvalue weighted by atomic mass is 16.1. The third kappa shape index (κ3) is 2.76. The number of para-hydroxylation sites is 2. The predicted molar refractivity (Wildman–Crippen MR) is 83.5 cm³/mol. The van der Waals surface area contributed by atoms with Crippen LogP contribution < -0.4 is 10.9 Å². The lowest BCUT2D eigenvalue weighted by molar-refractivity contribution is 0.785. The molecule has 0 saturated heterocycles. The highest BCUT2D eigenvalue weighted by Gasteiger charge is 2.05. The Kier molecular flexibility index (Phi) is 3.64. The summed E-state index contributed by atoms with van der Waals surface area (Å²) in [5.74, 6) is 0.821. The van der Waals surface area contributed by atoms with E-state index < -0.39 is 0 Å². The fraction of sp³-hybridized carbons (Fsp3) is 0.188. The van der Waals surface area contributed by atoms with E-state index in [1.54, 1.807) is 10.8 Å². The van der Waals surface area contributed by atoms with Gasteiger partial charge in [0, 0.05) is 12.7 Å². The first-order chi connectivity index (χ1) is 10.3. The Hall–Kier alpha value is -2.69. The lowest BCUT2D eigenvalue weighted by Gasteiger charge is -2.10. The molecule has 0 amide bonds. The minimum Gasteiger partial charge on any atom is -0.370 e. The first-order valence-electron chi connectivity index (χ1n) is 6.91. The second-order valence-electron chi connectivity index (χ2n) is 4.75. The van der Waals surface area contributed by atoms with E-state index in [1.165, 1.54) is 6.20 Å². The molecular weight excluding hydrogens is 264 g/mol. The van der Waals surface area contributed by atoms with Gasteiger partial charge in [0.2, 0.25) is 0 Å². The van der Waals surface area contributed by atoms with Crippen LogP contribution >= 0.6 is 0 Å². The molecule has 0 spiro atoms. The average Bonchev–Trinajstić information content (AvgIpc) is 2.51. The molecule has 3 rings (SSSR count). The van der Waals surface area contributed by atoms with Gasteiger partial charge in [-0.2, -0.15) is 0 Å². The van der Waals surface area contributed by atoms with Crippen LogP contribution in [0.4, 0.5) is 5.82 Å². The predicted octanol–water partition coefficient (Wildman–Crippen LogP) is 2.27. The Bertz CT molecular complexity index is 826. The van der Waals surface area contributed by atoms with Crippen LogP contribution in [0.25, 0.3) is 11.0 Å². The molecule has 0 aliphatic heterocycles. The number of nitrogens with one attached hydrogen (secondary N) is 1. The number of hydrogen-bond donors (Lipinski definition) is 1. The summed E-state index contributed by atoms with van der Waals surface area (Å²) in [6.45, 7) is 3.34. The van der Waals surface area contributed by atoms with Gasteiger partial charge in [0.15, 0.2) is 0 Å². The molecule has 2 heterocycles. The van der Waals surface area contributed by atoms with E-state index in [2.05, 4.69) is 15.3 Å². The molecule has 0 aliphatic carbocycles. The number of benzene rings is 1. The highest BCUT2D eigenvalue weighted by molar-refractivity contribution is 5.74. The maximum atomic E-state index is 12.1. The highest BCUT2D eigenvalue weighted by Crippen LogP contribution is 2.12. The van der Waals surface area contributed by atoms with E-state index in [-0.39, 0.29) is 5.56 Å². The van der Waals surface area contributed by atoms with Crippen LogP contribution in [-0.4, -0.2) is 21.1 Å². The van der Waals surface area contributed by atoms with Gasteiger partial charge in [-0.1, -0.05) is 12.1 Å². The third-order valence-electron chi connectivity index (χ3n) is 3.28. The first-order valence-corrected chi connectivity index (χ1v) is 6.91. The zero-order valence-electron chi connectivity index (χ0n) is 11.8. The van der Waals surface area contributed by atoms with E-state index in [9.17, 15) is 4.79 Å². The van der Waals surface area contributed by atoms with E-state index in [1.807, 2.05) is 43.3 Å². The van der Waals surface area contributed by atoms with Crippen LogP contribution in [-0.2, 0) is 6.54 Å². The van der Waals surface area contributed by atoms with Crippen molar-refractivity contribution in [2.75, 3.05) is 11.9 Å². The molecule has 2 aromatic heterocycles. The van der Waals surface area contributed by atoms with Crippen LogP contribution in [0.15, 0.2) is 53.6 Å². The second-order valence-corrected chi connectivity index (χ2v) is 4.75. The molecule has 0 aliphatic rings. The van der Waals surface area contributed by atoms with Crippen LogP contribution in [0.5, 0.6) is 0 Å². The van der Waals surface area contributed by atoms with Crippen LogP contribution in [0.2, 0.25) is 0 Å². The van der Waals surface area contributed by atoms with E-state index >= 15 is 0 Å².